The number of fused-ring (bicyclic) bond motifs is 1. The number of hydrogen-bond donors (Lipinski definition) is 1. The second kappa shape index (κ2) is 6.86. The highest BCUT2D eigenvalue weighted by Gasteiger charge is 2.31. The molecule has 3 heterocycles. The first-order valence-corrected chi connectivity index (χ1v) is 11.5. The maximum Gasteiger partial charge on any atom is 0.305 e. The second-order valence-corrected chi connectivity index (χ2v) is 10.2. The molecule has 0 saturated carbocycles. The Balaban J connectivity index is 1.51. The van der Waals surface area contributed by atoms with E-state index in [0.717, 1.165) is 16.9 Å². The Labute approximate surface area is 163 Å². The largest absolute Gasteiger partial charge is 0.335 e. The van der Waals surface area contributed by atoms with Gasteiger partial charge in [-0.15, -0.1) is 11.3 Å². The summed E-state index contributed by atoms with van der Waals surface area (Å²) in [7, 11) is -3.67. The van der Waals surface area contributed by atoms with Crippen LogP contribution in [0.15, 0.2) is 39.3 Å². The minimum Gasteiger partial charge on any atom is -0.335 e. The molecule has 1 aliphatic rings. The minimum absolute atomic E-state index is 0.0435. The molecule has 1 amide bonds. The summed E-state index contributed by atoms with van der Waals surface area (Å²) in [4.78, 5) is 29.1. The first-order chi connectivity index (χ1) is 12.9. The van der Waals surface area contributed by atoms with Gasteiger partial charge in [0.05, 0.1) is 20.0 Å². The number of rotatable bonds is 3. The van der Waals surface area contributed by atoms with E-state index in [2.05, 4.69) is 4.98 Å². The fourth-order valence-corrected chi connectivity index (χ4v) is 6.29. The van der Waals surface area contributed by atoms with Gasteiger partial charge in [-0.25, -0.2) is 8.42 Å². The van der Waals surface area contributed by atoms with Crippen LogP contribution in [0.2, 0.25) is 0 Å². The van der Waals surface area contributed by atoms with E-state index in [-0.39, 0.29) is 28.8 Å². The summed E-state index contributed by atoms with van der Waals surface area (Å²) in [5.74, 6) is -0.0435. The van der Waals surface area contributed by atoms with Crippen LogP contribution in [0, 0.1) is 6.92 Å². The number of carbonyl (C=O) groups is 1. The zero-order valence-electron chi connectivity index (χ0n) is 14.5. The zero-order chi connectivity index (χ0) is 19.2. The van der Waals surface area contributed by atoms with Crippen molar-refractivity contribution in [2.75, 3.05) is 26.2 Å². The monoisotopic (exact) mass is 423 g/mol. The van der Waals surface area contributed by atoms with Crippen molar-refractivity contribution in [3.8, 4) is 0 Å². The van der Waals surface area contributed by atoms with Gasteiger partial charge in [-0.2, -0.15) is 4.31 Å². The Kier molecular flexibility index (Phi) is 4.66. The molecule has 27 heavy (non-hydrogen) atoms. The lowest BCUT2D eigenvalue weighted by Crippen LogP contribution is -2.50. The van der Waals surface area contributed by atoms with Crippen LogP contribution in [0.5, 0.6) is 0 Å². The SMILES string of the molecule is Cc1ccsc1C(=O)N1CCN(S(=O)(=O)c2ccc3[nH]c(=O)sc3c2)CC1. The molecule has 0 radical (unpaired) electrons. The molecule has 1 saturated heterocycles. The molecule has 142 valence electrons. The fourth-order valence-electron chi connectivity index (χ4n) is 3.10. The molecule has 1 N–H and O–H groups in total. The number of aromatic amines is 1. The zero-order valence-corrected chi connectivity index (χ0v) is 16.9. The van der Waals surface area contributed by atoms with E-state index < -0.39 is 10.0 Å². The van der Waals surface area contributed by atoms with Crippen LogP contribution in [0.4, 0.5) is 0 Å². The molecule has 10 heteroatoms. The lowest BCUT2D eigenvalue weighted by atomic mass is 10.2. The van der Waals surface area contributed by atoms with Gasteiger partial charge in [-0.1, -0.05) is 11.3 Å². The van der Waals surface area contributed by atoms with Crippen molar-refractivity contribution in [1.82, 2.24) is 14.2 Å². The first kappa shape index (κ1) is 18.4. The molecule has 0 spiro atoms. The predicted molar refractivity (Wildman–Crippen MR) is 106 cm³/mol. The maximum atomic E-state index is 12.9. The van der Waals surface area contributed by atoms with Crippen molar-refractivity contribution in [3.05, 3.63) is 49.8 Å². The highest BCUT2D eigenvalue weighted by atomic mass is 32.2. The van der Waals surface area contributed by atoms with Crippen molar-refractivity contribution in [2.24, 2.45) is 0 Å². The number of aromatic nitrogens is 1. The molecule has 1 fully saturated rings. The van der Waals surface area contributed by atoms with Crippen LogP contribution in [0.3, 0.4) is 0 Å². The lowest BCUT2D eigenvalue weighted by molar-refractivity contribution is 0.0702. The normalized spacial score (nSPS) is 16.1. The van der Waals surface area contributed by atoms with Crippen molar-refractivity contribution in [3.63, 3.8) is 0 Å². The second-order valence-electron chi connectivity index (χ2n) is 6.30. The molecule has 7 nitrogen and oxygen atoms in total. The van der Waals surface area contributed by atoms with Crippen LogP contribution in [-0.2, 0) is 10.0 Å². The van der Waals surface area contributed by atoms with E-state index in [0.29, 0.717) is 28.2 Å². The van der Waals surface area contributed by atoms with Gasteiger partial charge >= 0.3 is 4.87 Å². The molecule has 3 aromatic rings. The number of H-pyrrole nitrogens is 1. The molecular weight excluding hydrogens is 406 g/mol. The fraction of sp³-hybridized carbons (Fsp3) is 0.294. The topological polar surface area (TPSA) is 90.6 Å². The summed E-state index contributed by atoms with van der Waals surface area (Å²) in [5, 5.41) is 1.88. The number of nitrogens with one attached hydrogen (secondary N) is 1. The van der Waals surface area contributed by atoms with Crippen LogP contribution in [-0.4, -0.2) is 54.7 Å². The number of thiazole rings is 1. The third-order valence-electron chi connectivity index (χ3n) is 4.61. The van der Waals surface area contributed by atoms with E-state index in [4.69, 9.17) is 0 Å². The third kappa shape index (κ3) is 3.33. The summed E-state index contributed by atoms with van der Waals surface area (Å²) in [6.07, 6.45) is 0. The number of thiophene rings is 1. The van der Waals surface area contributed by atoms with E-state index in [1.54, 1.807) is 11.0 Å². The Hall–Kier alpha value is -2.01. The number of aryl methyl sites for hydroxylation is 1. The molecule has 1 aromatic carbocycles. The highest BCUT2D eigenvalue weighted by molar-refractivity contribution is 7.89. The van der Waals surface area contributed by atoms with Crippen molar-refractivity contribution >= 4 is 48.8 Å². The predicted octanol–water partition coefficient (Wildman–Crippen LogP) is 2.11. The first-order valence-electron chi connectivity index (χ1n) is 8.32. The Morgan fingerprint density at radius 3 is 2.56 bits per heavy atom. The number of sulfonamides is 1. The number of nitrogens with zero attached hydrogens (tertiary/aromatic N) is 2. The average Bonchev–Trinajstić information content (AvgIpc) is 3.24. The van der Waals surface area contributed by atoms with Gasteiger partial charge in [0.25, 0.3) is 5.91 Å². The van der Waals surface area contributed by atoms with Gasteiger partial charge in [0.2, 0.25) is 10.0 Å². The molecule has 0 aliphatic carbocycles. The molecule has 0 atom stereocenters. The molecule has 4 rings (SSSR count). The van der Waals surface area contributed by atoms with E-state index in [9.17, 15) is 18.0 Å². The third-order valence-corrected chi connectivity index (χ3v) is 8.36. The van der Waals surface area contributed by atoms with Crippen LogP contribution >= 0.6 is 22.7 Å². The van der Waals surface area contributed by atoms with Crippen LogP contribution < -0.4 is 4.87 Å². The van der Waals surface area contributed by atoms with E-state index in [1.165, 1.54) is 27.8 Å². The molecular formula is C17H17N3O4S3. The van der Waals surface area contributed by atoms with Gasteiger partial charge < -0.3 is 9.88 Å². The van der Waals surface area contributed by atoms with Gasteiger partial charge in [0.15, 0.2) is 0 Å². The summed E-state index contributed by atoms with van der Waals surface area (Å²) < 4.78 is 27.9. The maximum absolute atomic E-state index is 12.9. The van der Waals surface area contributed by atoms with Gasteiger partial charge in [-0.3, -0.25) is 9.59 Å². The Morgan fingerprint density at radius 1 is 1.15 bits per heavy atom. The number of hydrogen-bond acceptors (Lipinski definition) is 6. The molecule has 2 aromatic heterocycles. The minimum atomic E-state index is -3.67. The lowest BCUT2D eigenvalue weighted by Gasteiger charge is -2.34. The Bertz CT molecular complexity index is 1170. The number of carbonyl (C=O) groups excluding carboxylic acids is 1. The molecule has 0 unspecified atom stereocenters. The molecule has 1 aliphatic heterocycles. The van der Waals surface area contributed by atoms with E-state index >= 15 is 0 Å². The summed E-state index contributed by atoms with van der Waals surface area (Å²) in [6, 6.07) is 6.55. The van der Waals surface area contributed by atoms with Gasteiger partial charge in [0.1, 0.15) is 0 Å². The smallest absolute Gasteiger partial charge is 0.305 e. The van der Waals surface area contributed by atoms with E-state index in [1.807, 2.05) is 18.4 Å². The average molecular weight is 424 g/mol. The van der Waals surface area contributed by atoms with Crippen molar-refractivity contribution in [2.45, 2.75) is 11.8 Å². The quantitative estimate of drug-likeness (QED) is 0.699. The van der Waals surface area contributed by atoms with Crippen molar-refractivity contribution in [1.29, 1.82) is 0 Å². The summed E-state index contributed by atoms with van der Waals surface area (Å²) in [5.41, 5.74) is 1.57. The highest BCUT2D eigenvalue weighted by Crippen LogP contribution is 2.24. The van der Waals surface area contributed by atoms with Crippen molar-refractivity contribution < 1.29 is 13.2 Å². The number of benzene rings is 1. The van der Waals surface area contributed by atoms with Crippen LogP contribution in [0.25, 0.3) is 10.2 Å². The Morgan fingerprint density at radius 2 is 1.89 bits per heavy atom. The van der Waals surface area contributed by atoms with Crippen LogP contribution in [0.1, 0.15) is 15.2 Å². The number of amides is 1. The number of piperazine rings is 1. The summed E-state index contributed by atoms with van der Waals surface area (Å²) in [6.45, 7) is 3.11. The van der Waals surface area contributed by atoms with Gasteiger partial charge in [0, 0.05) is 26.2 Å². The van der Waals surface area contributed by atoms with Gasteiger partial charge in [-0.05, 0) is 42.1 Å². The standard InChI is InChI=1S/C17H17N3O4S3/c1-11-4-9-25-15(11)16(21)19-5-7-20(8-6-19)27(23,24)12-2-3-13-14(10-12)26-17(22)18-13/h2-4,9-10H,5-8H2,1H3,(H,18,22). The summed E-state index contributed by atoms with van der Waals surface area (Å²) >= 11 is 2.39. The molecule has 0 bridgehead atoms.